The first-order valence-electron chi connectivity index (χ1n) is 8.84. The van der Waals surface area contributed by atoms with E-state index in [-0.39, 0.29) is 18.1 Å². The van der Waals surface area contributed by atoms with Gasteiger partial charge in [0.1, 0.15) is 17.2 Å². The van der Waals surface area contributed by atoms with Crippen molar-refractivity contribution in [2.45, 2.75) is 77.1 Å². The van der Waals surface area contributed by atoms with Crippen molar-refractivity contribution in [3.05, 3.63) is 35.4 Å². The van der Waals surface area contributed by atoms with Gasteiger partial charge in [-0.05, 0) is 71.6 Å². The molecule has 3 unspecified atom stereocenters. The molecule has 4 nitrogen and oxygen atoms in total. The number of carbonyl (C=O) groups is 1. The van der Waals surface area contributed by atoms with Gasteiger partial charge in [-0.2, -0.15) is 0 Å². The lowest BCUT2D eigenvalue weighted by Gasteiger charge is -2.33. The molecule has 1 fully saturated rings. The van der Waals surface area contributed by atoms with Crippen LogP contribution in [0.25, 0.3) is 0 Å². The SMILES string of the molecule is CC(NC1CCCC(NC(=O)OC(C)(C)C)C1)c1cc(F)ccc1F. The van der Waals surface area contributed by atoms with Gasteiger partial charge in [0.15, 0.2) is 0 Å². The Bertz CT molecular complexity index is 602. The summed E-state index contributed by atoms with van der Waals surface area (Å²) in [6, 6.07) is 3.34. The van der Waals surface area contributed by atoms with Crippen molar-refractivity contribution in [3.63, 3.8) is 0 Å². The fourth-order valence-electron chi connectivity index (χ4n) is 3.24. The number of amides is 1. The normalized spacial score (nSPS) is 22.3. The van der Waals surface area contributed by atoms with Gasteiger partial charge in [-0.3, -0.25) is 0 Å². The molecule has 0 radical (unpaired) electrons. The molecule has 2 N–H and O–H groups in total. The Balaban J connectivity index is 1.90. The molecule has 0 spiro atoms. The van der Waals surface area contributed by atoms with Crippen LogP contribution in [0.4, 0.5) is 13.6 Å². The summed E-state index contributed by atoms with van der Waals surface area (Å²) in [6.07, 6.45) is 3.10. The van der Waals surface area contributed by atoms with E-state index in [0.29, 0.717) is 5.56 Å². The van der Waals surface area contributed by atoms with E-state index in [2.05, 4.69) is 10.6 Å². The average molecular weight is 354 g/mol. The third-order valence-electron chi connectivity index (χ3n) is 4.31. The van der Waals surface area contributed by atoms with Crippen LogP contribution in [0.15, 0.2) is 18.2 Å². The Kier molecular flexibility index (Phi) is 6.38. The van der Waals surface area contributed by atoms with Crippen molar-refractivity contribution < 1.29 is 18.3 Å². The zero-order valence-electron chi connectivity index (χ0n) is 15.4. The number of nitrogens with one attached hydrogen (secondary N) is 2. The number of hydrogen-bond acceptors (Lipinski definition) is 3. The Morgan fingerprint density at radius 3 is 2.60 bits per heavy atom. The third-order valence-corrected chi connectivity index (χ3v) is 4.31. The van der Waals surface area contributed by atoms with Crippen molar-refractivity contribution in [2.24, 2.45) is 0 Å². The fraction of sp³-hybridized carbons (Fsp3) is 0.632. The van der Waals surface area contributed by atoms with Crippen LogP contribution < -0.4 is 10.6 Å². The van der Waals surface area contributed by atoms with E-state index >= 15 is 0 Å². The molecular formula is C19H28F2N2O2. The number of benzene rings is 1. The minimum atomic E-state index is -0.528. The van der Waals surface area contributed by atoms with Gasteiger partial charge in [-0.25, -0.2) is 13.6 Å². The van der Waals surface area contributed by atoms with Gasteiger partial charge in [-0.15, -0.1) is 0 Å². The second-order valence-electron chi connectivity index (χ2n) is 7.76. The molecule has 25 heavy (non-hydrogen) atoms. The molecule has 0 saturated heterocycles. The number of halogens is 2. The molecule has 1 aromatic carbocycles. The summed E-state index contributed by atoms with van der Waals surface area (Å²) in [6.45, 7) is 7.30. The highest BCUT2D eigenvalue weighted by molar-refractivity contribution is 5.68. The summed E-state index contributed by atoms with van der Waals surface area (Å²) < 4.78 is 32.6. The lowest BCUT2D eigenvalue weighted by atomic mass is 9.90. The lowest BCUT2D eigenvalue weighted by Crippen LogP contribution is -2.46. The molecule has 1 aromatic rings. The minimum absolute atomic E-state index is 0.0191. The van der Waals surface area contributed by atoms with E-state index in [1.54, 1.807) is 0 Å². The van der Waals surface area contributed by atoms with E-state index in [1.807, 2.05) is 27.7 Å². The van der Waals surface area contributed by atoms with Crippen LogP contribution in [0.1, 0.15) is 65.0 Å². The maximum Gasteiger partial charge on any atom is 0.407 e. The van der Waals surface area contributed by atoms with Crippen molar-refractivity contribution >= 4 is 6.09 Å². The van der Waals surface area contributed by atoms with Gasteiger partial charge < -0.3 is 15.4 Å². The maximum absolute atomic E-state index is 13.9. The predicted molar refractivity (Wildman–Crippen MR) is 93.3 cm³/mol. The molecule has 1 aliphatic carbocycles. The largest absolute Gasteiger partial charge is 0.444 e. The van der Waals surface area contributed by atoms with Crippen LogP contribution in [0.5, 0.6) is 0 Å². The van der Waals surface area contributed by atoms with Gasteiger partial charge in [-0.1, -0.05) is 0 Å². The molecule has 0 aliphatic heterocycles. The first-order chi connectivity index (χ1) is 11.6. The highest BCUT2D eigenvalue weighted by Gasteiger charge is 2.27. The molecule has 0 bridgehead atoms. The highest BCUT2D eigenvalue weighted by atomic mass is 19.1. The standard InChI is InChI=1S/C19H28F2N2O2/c1-12(16-10-13(20)8-9-17(16)21)22-14-6-5-7-15(11-14)23-18(24)25-19(2,3)4/h8-10,12,14-15,22H,5-7,11H2,1-4H3,(H,23,24). The first kappa shape index (κ1) is 19.6. The second-order valence-corrected chi connectivity index (χ2v) is 7.76. The van der Waals surface area contributed by atoms with Crippen LogP contribution in [0.3, 0.4) is 0 Å². The van der Waals surface area contributed by atoms with E-state index in [1.165, 1.54) is 6.07 Å². The summed E-state index contributed by atoms with van der Waals surface area (Å²) in [5, 5.41) is 6.26. The van der Waals surface area contributed by atoms with Crippen LogP contribution in [0, 0.1) is 11.6 Å². The Labute approximate surface area is 148 Å². The smallest absolute Gasteiger partial charge is 0.407 e. The second kappa shape index (κ2) is 8.13. The van der Waals surface area contributed by atoms with Gasteiger partial charge >= 0.3 is 6.09 Å². The Hall–Kier alpha value is -1.69. The van der Waals surface area contributed by atoms with Gasteiger partial charge in [0.2, 0.25) is 0 Å². The number of carbonyl (C=O) groups excluding carboxylic acids is 1. The topological polar surface area (TPSA) is 50.4 Å². The third kappa shape index (κ3) is 6.27. The van der Waals surface area contributed by atoms with E-state index in [9.17, 15) is 13.6 Å². The summed E-state index contributed by atoms with van der Waals surface area (Å²) in [5.41, 5.74) is -0.206. The number of rotatable bonds is 4. The van der Waals surface area contributed by atoms with Crippen molar-refractivity contribution in [2.75, 3.05) is 0 Å². The molecule has 6 heteroatoms. The monoisotopic (exact) mass is 354 g/mol. The van der Waals surface area contributed by atoms with E-state index in [0.717, 1.165) is 37.8 Å². The van der Waals surface area contributed by atoms with Crippen LogP contribution in [-0.2, 0) is 4.74 Å². The molecule has 1 amide bonds. The fourth-order valence-corrected chi connectivity index (χ4v) is 3.24. The molecule has 0 heterocycles. The number of ether oxygens (including phenoxy) is 1. The van der Waals surface area contributed by atoms with Crippen molar-refractivity contribution in [3.8, 4) is 0 Å². The molecule has 3 atom stereocenters. The lowest BCUT2D eigenvalue weighted by molar-refractivity contribution is 0.0488. The molecular weight excluding hydrogens is 326 g/mol. The molecule has 0 aromatic heterocycles. The zero-order valence-corrected chi connectivity index (χ0v) is 15.4. The van der Waals surface area contributed by atoms with Crippen LogP contribution >= 0.6 is 0 Å². The van der Waals surface area contributed by atoms with Crippen LogP contribution in [0.2, 0.25) is 0 Å². The maximum atomic E-state index is 13.9. The van der Waals surface area contributed by atoms with Crippen molar-refractivity contribution in [1.29, 1.82) is 0 Å². The van der Waals surface area contributed by atoms with E-state index < -0.39 is 23.3 Å². The molecule has 1 saturated carbocycles. The summed E-state index contributed by atoms with van der Waals surface area (Å²) in [5.74, 6) is -0.862. The van der Waals surface area contributed by atoms with E-state index in [4.69, 9.17) is 4.74 Å². The Morgan fingerprint density at radius 2 is 1.92 bits per heavy atom. The molecule has 1 aliphatic rings. The highest BCUT2D eigenvalue weighted by Crippen LogP contribution is 2.24. The minimum Gasteiger partial charge on any atom is -0.444 e. The quantitative estimate of drug-likeness (QED) is 0.840. The zero-order chi connectivity index (χ0) is 18.6. The predicted octanol–water partition coefficient (Wildman–Crippen LogP) is 4.45. The molecule has 140 valence electrons. The van der Waals surface area contributed by atoms with Crippen molar-refractivity contribution in [1.82, 2.24) is 10.6 Å². The Morgan fingerprint density at radius 1 is 1.24 bits per heavy atom. The summed E-state index contributed by atoms with van der Waals surface area (Å²) in [4.78, 5) is 11.9. The number of hydrogen-bond donors (Lipinski definition) is 2. The first-order valence-corrected chi connectivity index (χ1v) is 8.84. The average Bonchev–Trinajstić information content (AvgIpc) is 2.48. The molecule has 2 rings (SSSR count). The van der Waals surface area contributed by atoms with Gasteiger partial charge in [0.05, 0.1) is 0 Å². The van der Waals surface area contributed by atoms with Gasteiger partial charge in [0.25, 0.3) is 0 Å². The van der Waals surface area contributed by atoms with Crippen LogP contribution in [-0.4, -0.2) is 23.8 Å². The number of alkyl carbamates (subject to hydrolysis) is 1. The van der Waals surface area contributed by atoms with Gasteiger partial charge in [0, 0.05) is 23.7 Å². The summed E-state index contributed by atoms with van der Waals surface area (Å²) >= 11 is 0. The summed E-state index contributed by atoms with van der Waals surface area (Å²) in [7, 11) is 0.